The van der Waals surface area contributed by atoms with Gasteiger partial charge in [-0.1, -0.05) is 13.8 Å². The number of aliphatic hydroxyl groups excluding tert-OH is 1. The van der Waals surface area contributed by atoms with Gasteiger partial charge in [-0.15, -0.1) is 0 Å². The van der Waals surface area contributed by atoms with Crippen molar-refractivity contribution in [1.82, 2.24) is 4.90 Å². The van der Waals surface area contributed by atoms with Crippen LogP contribution in [0.2, 0.25) is 0 Å². The van der Waals surface area contributed by atoms with Crippen molar-refractivity contribution in [3.05, 3.63) is 0 Å². The summed E-state index contributed by atoms with van der Waals surface area (Å²) in [6, 6.07) is 0. The molecule has 0 aromatic carbocycles. The number of rotatable bonds is 5. The van der Waals surface area contributed by atoms with Crippen molar-refractivity contribution in [2.45, 2.75) is 46.1 Å². The number of likely N-dealkylation sites (tertiary alicyclic amines) is 1. The lowest BCUT2D eigenvalue weighted by molar-refractivity contribution is 0.172. The molecule has 1 aliphatic heterocycles. The van der Waals surface area contributed by atoms with Gasteiger partial charge in [0, 0.05) is 13.1 Å². The maximum absolute atomic E-state index is 9.21. The summed E-state index contributed by atoms with van der Waals surface area (Å²) in [7, 11) is 0. The average molecular weight is 199 g/mol. The number of hydrogen-bond donors (Lipinski definition) is 1. The molecule has 0 amide bonds. The van der Waals surface area contributed by atoms with Crippen molar-refractivity contribution < 1.29 is 5.11 Å². The fraction of sp³-hybridized carbons (Fsp3) is 1.00. The lowest BCUT2D eigenvalue weighted by atomic mass is 10.0. The quantitative estimate of drug-likeness (QED) is 0.733. The molecule has 1 rings (SSSR count). The van der Waals surface area contributed by atoms with E-state index in [2.05, 4.69) is 18.7 Å². The molecule has 1 saturated heterocycles. The first-order valence-corrected chi connectivity index (χ1v) is 5.98. The molecule has 2 nitrogen and oxygen atoms in total. The third-order valence-corrected chi connectivity index (χ3v) is 2.99. The summed E-state index contributed by atoms with van der Waals surface area (Å²) in [4.78, 5) is 2.57. The third kappa shape index (κ3) is 4.43. The van der Waals surface area contributed by atoms with Crippen molar-refractivity contribution in [2.24, 2.45) is 11.8 Å². The first kappa shape index (κ1) is 12.0. The van der Waals surface area contributed by atoms with Gasteiger partial charge in [-0.2, -0.15) is 0 Å². The molecule has 2 heteroatoms. The highest BCUT2D eigenvalue weighted by Gasteiger charge is 2.22. The van der Waals surface area contributed by atoms with Crippen LogP contribution in [0.5, 0.6) is 0 Å². The van der Waals surface area contributed by atoms with Crippen molar-refractivity contribution in [3.8, 4) is 0 Å². The summed E-state index contributed by atoms with van der Waals surface area (Å²) < 4.78 is 0. The molecule has 1 fully saturated rings. The van der Waals surface area contributed by atoms with Crippen molar-refractivity contribution in [2.75, 3.05) is 19.6 Å². The molecule has 0 spiro atoms. The maximum Gasteiger partial charge on any atom is 0.0512 e. The van der Waals surface area contributed by atoms with Gasteiger partial charge in [0.05, 0.1) is 6.10 Å². The molecular formula is C12H25NO. The van der Waals surface area contributed by atoms with Gasteiger partial charge >= 0.3 is 0 Å². The van der Waals surface area contributed by atoms with Crippen LogP contribution in [-0.2, 0) is 0 Å². The Balaban J connectivity index is 2.14. The number of aliphatic hydroxyl groups is 1. The van der Waals surface area contributed by atoms with Crippen LogP contribution in [0.25, 0.3) is 0 Å². The molecule has 0 aromatic rings. The van der Waals surface area contributed by atoms with E-state index in [1.807, 2.05) is 6.92 Å². The maximum atomic E-state index is 9.21. The van der Waals surface area contributed by atoms with Crippen LogP contribution in [0, 0.1) is 11.8 Å². The van der Waals surface area contributed by atoms with Gasteiger partial charge in [-0.25, -0.2) is 0 Å². The SMILES string of the molecule is CC(C)CN1CCC(CCC(C)O)C1. The average Bonchev–Trinajstić information content (AvgIpc) is 2.47. The second kappa shape index (κ2) is 5.72. The van der Waals surface area contributed by atoms with Crippen LogP contribution in [-0.4, -0.2) is 35.7 Å². The first-order chi connectivity index (χ1) is 6.58. The topological polar surface area (TPSA) is 23.5 Å². The van der Waals surface area contributed by atoms with Gasteiger partial charge in [0.25, 0.3) is 0 Å². The summed E-state index contributed by atoms with van der Waals surface area (Å²) in [5, 5.41) is 9.21. The van der Waals surface area contributed by atoms with Gasteiger partial charge in [-0.05, 0) is 44.6 Å². The Kier molecular flexibility index (Phi) is 4.90. The number of nitrogens with zero attached hydrogens (tertiary/aromatic N) is 1. The van der Waals surface area contributed by atoms with E-state index in [0.717, 1.165) is 18.3 Å². The Morgan fingerprint density at radius 3 is 2.64 bits per heavy atom. The highest BCUT2D eigenvalue weighted by atomic mass is 16.3. The fourth-order valence-corrected chi connectivity index (χ4v) is 2.31. The molecule has 2 unspecified atom stereocenters. The van der Waals surface area contributed by atoms with Crippen LogP contribution in [0.1, 0.15) is 40.0 Å². The standard InChI is InChI=1S/C12H25NO/c1-10(2)8-13-7-6-12(9-13)5-4-11(3)14/h10-12,14H,4-9H2,1-3H3. The number of hydrogen-bond acceptors (Lipinski definition) is 2. The Morgan fingerprint density at radius 2 is 2.07 bits per heavy atom. The van der Waals surface area contributed by atoms with E-state index >= 15 is 0 Å². The zero-order chi connectivity index (χ0) is 10.6. The summed E-state index contributed by atoms with van der Waals surface area (Å²) in [6.07, 6.45) is 3.39. The molecule has 14 heavy (non-hydrogen) atoms. The van der Waals surface area contributed by atoms with Crippen LogP contribution in [0.4, 0.5) is 0 Å². The molecule has 0 radical (unpaired) electrons. The molecule has 0 bridgehead atoms. The molecular weight excluding hydrogens is 174 g/mol. The van der Waals surface area contributed by atoms with E-state index in [-0.39, 0.29) is 6.10 Å². The van der Waals surface area contributed by atoms with Crippen LogP contribution in [0.3, 0.4) is 0 Å². The van der Waals surface area contributed by atoms with E-state index in [0.29, 0.717) is 0 Å². The van der Waals surface area contributed by atoms with Gasteiger partial charge in [0.2, 0.25) is 0 Å². The lowest BCUT2D eigenvalue weighted by Gasteiger charge is -2.18. The van der Waals surface area contributed by atoms with Crippen molar-refractivity contribution >= 4 is 0 Å². The predicted molar refractivity (Wildman–Crippen MR) is 60.3 cm³/mol. The summed E-state index contributed by atoms with van der Waals surface area (Å²) in [5.74, 6) is 1.62. The molecule has 0 aromatic heterocycles. The van der Waals surface area contributed by atoms with E-state index in [4.69, 9.17) is 0 Å². The lowest BCUT2D eigenvalue weighted by Crippen LogP contribution is -2.25. The Morgan fingerprint density at radius 1 is 1.36 bits per heavy atom. The summed E-state index contributed by atoms with van der Waals surface area (Å²) in [6.45, 7) is 10.2. The monoisotopic (exact) mass is 199 g/mol. The second-order valence-corrected chi connectivity index (χ2v) is 5.23. The van der Waals surface area contributed by atoms with Gasteiger partial charge in [0.1, 0.15) is 0 Å². The van der Waals surface area contributed by atoms with Crippen molar-refractivity contribution in [1.29, 1.82) is 0 Å². The highest BCUT2D eigenvalue weighted by molar-refractivity contribution is 4.76. The molecule has 1 aliphatic rings. The zero-order valence-corrected chi connectivity index (χ0v) is 9.87. The fourth-order valence-electron chi connectivity index (χ4n) is 2.31. The highest BCUT2D eigenvalue weighted by Crippen LogP contribution is 2.22. The second-order valence-electron chi connectivity index (χ2n) is 5.23. The van der Waals surface area contributed by atoms with Gasteiger partial charge in [-0.3, -0.25) is 0 Å². The normalized spacial score (nSPS) is 25.9. The minimum Gasteiger partial charge on any atom is -0.393 e. The van der Waals surface area contributed by atoms with Crippen molar-refractivity contribution in [3.63, 3.8) is 0 Å². The van der Waals surface area contributed by atoms with E-state index in [1.165, 1.54) is 32.5 Å². The molecule has 0 aliphatic carbocycles. The van der Waals surface area contributed by atoms with Crippen LogP contribution >= 0.6 is 0 Å². The molecule has 1 N–H and O–H groups in total. The van der Waals surface area contributed by atoms with Gasteiger partial charge < -0.3 is 10.0 Å². The Bertz CT molecular complexity index is 156. The van der Waals surface area contributed by atoms with Crippen LogP contribution < -0.4 is 0 Å². The third-order valence-electron chi connectivity index (χ3n) is 2.99. The zero-order valence-electron chi connectivity index (χ0n) is 9.87. The van der Waals surface area contributed by atoms with E-state index < -0.39 is 0 Å². The predicted octanol–water partition coefficient (Wildman–Crippen LogP) is 2.13. The summed E-state index contributed by atoms with van der Waals surface area (Å²) in [5.41, 5.74) is 0. The Labute approximate surface area is 88.3 Å². The minimum atomic E-state index is -0.117. The molecule has 2 atom stereocenters. The smallest absolute Gasteiger partial charge is 0.0512 e. The van der Waals surface area contributed by atoms with Gasteiger partial charge in [0.15, 0.2) is 0 Å². The summed E-state index contributed by atoms with van der Waals surface area (Å²) >= 11 is 0. The molecule has 1 heterocycles. The molecule has 84 valence electrons. The largest absolute Gasteiger partial charge is 0.393 e. The van der Waals surface area contributed by atoms with E-state index in [9.17, 15) is 5.11 Å². The molecule has 0 saturated carbocycles. The minimum absolute atomic E-state index is 0.117. The van der Waals surface area contributed by atoms with Crippen LogP contribution in [0.15, 0.2) is 0 Å². The Hall–Kier alpha value is -0.0800. The van der Waals surface area contributed by atoms with E-state index in [1.54, 1.807) is 0 Å². The first-order valence-electron chi connectivity index (χ1n) is 5.98.